The Kier molecular flexibility index (Phi) is 4.07. The van der Waals surface area contributed by atoms with Crippen LogP contribution in [-0.4, -0.2) is 13.4 Å². The third-order valence-corrected chi connectivity index (χ3v) is 5.51. The van der Waals surface area contributed by atoms with Gasteiger partial charge in [0.2, 0.25) is 10.0 Å². The summed E-state index contributed by atoms with van der Waals surface area (Å²) in [6.45, 7) is 1.89. The van der Waals surface area contributed by atoms with Crippen LogP contribution in [0.2, 0.25) is 0 Å². The number of aryl methyl sites for hydroxylation is 1. The number of aromatic nitrogens is 1. The van der Waals surface area contributed by atoms with Gasteiger partial charge in [0.25, 0.3) is 0 Å². The summed E-state index contributed by atoms with van der Waals surface area (Å²) >= 11 is 1.51. The van der Waals surface area contributed by atoms with Crippen LogP contribution in [0.4, 0.5) is 8.78 Å². The largest absolute Gasteiger partial charge is 0.243 e. The van der Waals surface area contributed by atoms with Crippen LogP contribution in [0.3, 0.4) is 0 Å². The molecule has 2 aromatic rings. The van der Waals surface area contributed by atoms with Crippen molar-refractivity contribution in [3.8, 4) is 0 Å². The predicted octanol–water partition coefficient (Wildman–Crippen LogP) is 3.47. The van der Waals surface area contributed by atoms with E-state index in [0.29, 0.717) is 12.0 Å². The van der Waals surface area contributed by atoms with Gasteiger partial charge in [0.05, 0.1) is 10.7 Å². The lowest BCUT2D eigenvalue weighted by Crippen LogP contribution is -2.16. The van der Waals surface area contributed by atoms with Gasteiger partial charge in [0, 0.05) is 5.38 Å². The standard InChI is InChI=1S/C15H14F2N2O2S2/c1-8-19-14(7-22-8)11-4-2-3-10(11)9-5-12(16)15(13(17)6-9)23(18,20)21/h5-7H,2-4H2,1H3,(H2,18,20,21). The summed E-state index contributed by atoms with van der Waals surface area (Å²) in [5.74, 6) is -2.34. The minimum absolute atomic E-state index is 0.338. The van der Waals surface area contributed by atoms with Crippen molar-refractivity contribution in [3.05, 3.63) is 45.4 Å². The van der Waals surface area contributed by atoms with Gasteiger partial charge in [0.1, 0.15) is 11.6 Å². The van der Waals surface area contributed by atoms with E-state index in [4.69, 9.17) is 5.14 Å². The highest BCUT2D eigenvalue weighted by atomic mass is 32.2. The lowest BCUT2D eigenvalue weighted by atomic mass is 10.0. The van der Waals surface area contributed by atoms with Gasteiger partial charge in [-0.05, 0) is 55.0 Å². The lowest BCUT2D eigenvalue weighted by Gasteiger charge is -2.09. The molecule has 8 heteroatoms. The average Bonchev–Trinajstić information content (AvgIpc) is 3.03. The Labute approximate surface area is 136 Å². The molecule has 3 rings (SSSR count). The van der Waals surface area contributed by atoms with Crippen molar-refractivity contribution in [1.82, 2.24) is 4.98 Å². The maximum Gasteiger partial charge on any atom is 0.243 e. The van der Waals surface area contributed by atoms with E-state index >= 15 is 0 Å². The van der Waals surface area contributed by atoms with Crippen LogP contribution in [0.5, 0.6) is 0 Å². The molecule has 0 spiro atoms. The number of primary sulfonamides is 1. The second-order valence-corrected chi connectivity index (χ2v) is 7.94. The summed E-state index contributed by atoms with van der Waals surface area (Å²) < 4.78 is 50.7. The molecular formula is C15H14F2N2O2S2. The van der Waals surface area contributed by atoms with E-state index in [1.165, 1.54) is 11.3 Å². The Bertz CT molecular complexity index is 894. The Morgan fingerprint density at radius 1 is 1.17 bits per heavy atom. The van der Waals surface area contributed by atoms with Gasteiger partial charge in [-0.1, -0.05) is 0 Å². The second-order valence-electron chi connectivity index (χ2n) is 5.38. The first kappa shape index (κ1) is 16.2. The topological polar surface area (TPSA) is 73.0 Å². The third-order valence-electron chi connectivity index (χ3n) is 3.78. The highest BCUT2D eigenvalue weighted by Crippen LogP contribution is 2.40. The van der Waals surface area contributed by atoms with Crippen LogP contribution in [0, 0.1) is 18.6 Å². The number of halogens is 2. The summed E-state index contributed by atoms with van der Waals surface area (Å²) in [6, 6.07) is 2.06. The minimum Gasteiger partial charge on any atom is -0.242 e. The molecule has 0 radical (unpaired) electrons. The number of hydrogen-bond acceptors (Lipinski definition) is 4. The van der Waals surface area contributed by atoms with Gasteiger partial charge in [-0.15, -0.1) is 11.3 Å². The van der Waals surface area contributed by atoms with Gasteiger partial charge in [-0.3, -0.25) is 0 Å². The SMILES string of the molecule is Cc1nc(C2=C(c3cc(F)c(S(N)(=O)=O)c(F)c3)CCC2)cs1. The number of hydrogen-bond donors (Lipinski definition) is 1. The molecule has 0 bridgehead atoms. The van der Waals surface area contributed by atoms with E-state index in [2.05, 4.69) is 4.98 Å². The van der Waals surface area contributed by atoms with E-state index in [0.717, 1.165) is 46.8 Å². The normalized spacial score (nSPS) is 15.5. The van der Waals surface area contributed by atoms with Crippen LogP contribution in [-0.2, 0) is 10.0 Å². The van der Waals surface area contributed by atoms with E-state index < -0.39 is 26.6 Å². The number of thiazole rings is 1. The Hall–Kier alpha value is -1.64. The van der Waals surface area contributed by atoms with Crippen LogP contribution in [0.15, 0.2) is 22.4 Å². The highest BCUT2D eigenvalue weighted by molar-refractivity contribution is 7.89. The fourth-order valence-corrected chi connectivity index (χ4v) is 4.14. The Balaban J connectivity index is 2.15. The minimum atomic E-state index is -4.44. The number of allylic oxidation sites excluding steroid dienone is 2. The summed E-state index contributed by atoms with van der Waals surface area (Å²) in [5, 5.41) is 7.69. The summed E-state index contributed by atoms with van der Waals surface area (Å²) in [7, 11) is -4.44. The number of benzene rings is 1. The van der Waals surface area contributed by atoms with E-state index in [1.54, 1.807) is 0 Å². The Morgan fingerprint density at radius 3 is 2.30 bits per heavy atom. The predicted molar refractivity (Wildman–Crippen MR) is 85.2 cm³/mol. The maximum absolute atomic E-state index is 14.1. The monoisotopic (exact) mass is 356 g/mol. The van der Waals surface area contributed by atoms with Gasteiger partial charge < -0.3 is 0 Å². The first-order chi connectivity index (χ1) is 10.8. The molecule has 1 heterocycles. The summed E-state index contributed by atoms with van der Waals surface area (Å²) in [6.07, 6.45) is 2.31. The molecule has 4 nitrogen and oxygen atoms in total. The fourth-order valence-electron chi connectivity index (χ4n) is 2.85. The number of nitrogens with two attached hydrogens (primary N) is 1. The van der Waals surface area contributed by atoms with Crippen molar-refractivity contribution in [1.29, 1.82) is 0 Å². The van der Waals surface area contributed by atoms with Crippen molar-refractivity contribution in [3.63, 3.8) is 0 Å². The summed E-state index contributed by atoms with van der Waals surface area (Å²) in [5.41, 5.74) is 2.91. The molecule has 0 atom stereocenters. The van der Waals surface area contributed by atoms with Gasteiger partial charge in [-0.2, -0.15) is 0 Å². The third kappa shape index (κ3) is 3.06. The second kappa shape index (κ2) is 5.77. The molecule has 1 aliphatic rings. The van der Waals surface area contributed by atoms with Crippen LogP contribution < -0.4 is 5.14 Å². The average molecular weight is 356 g/mol. The lowest BCUT2D eigenvalue weighted by molar-refractivity contribution is 0.519. The van der Waals surface area contributed by atoms with E-state index in [1.807, 2.05) is 12.3 Å². The first-order valence-electron chi connectivity index (χ1n) is 6.94. The first-order valence-corrected chi connectivity index (χ1v) is 9.36. The molecule has 0 saturated heterocycles. The van der Waals surface area contributed by atoms with Crippen LogP contribution in [0.25, 0.3) is 11.1 Å². The van der Waals surface area contributed by atoms with Gasteiger partial charge in [-0.25, -0.2) is 27.3 Å². The van der Waals surface area contributed by atoms with Crippen LogP contribution in [0.1, 0.15) is 35.5 Å². The quantitative estimate of drug-likeness (QED) is 0.915. The molecule has 1 aromatic carbocycles. The zero-order valence-corrected chi connectivity index (χ0v) is 13.9. The molecule has 2 N–H and O–H groups in total. The number of rotatable bonds is 3. The molecule has 0 fully saturated rings. The van der Waals surface area contributed by atoms with Crippen molar-refractivity contribution >= 4 is 32.5 Å². The van der Waals surface area contributed by atoms with Gasteiger partial charge >= 0.3 is 0 Å². The van der Waals surface area contributed by atoms with Crippen molar-refractivity contribution in [2.45, 2.75) is 31.1 Å². The fraction of sp³-hybridized carbons (Fsp3) is 0.267. The smallest absolute Gasteiger partial charge is 0.242 e. The molecule has 1 aliphatic carbocycles. The molecule has 1 aromatic heterocycles. The molecular weight excluding hydrogens is 342 g/mol. The van der Waals surface area contributed by atoms with Crippen molar-refractivity contribution < 1.29 is 17.2 Å². The van der Waals surface area contributed by atoms with E-state index in [-0.39, 0.29) is 0 Å². The van der Waals surface area contributed by atoms with Crippen molar-refractivity contribution in [2.24, 2.45) is 5.14 Å². The van der Waals surface area contributed by atoms with E-state index in [9.17, 15) is 17.2 Å². The zero-order valence-electron chi connectivity index (χ0n) is 12.3. The van der Waals surface area contributed by atoms with Gasteiger partial charge in [0.15, 0.2) is 4.90 Å². The zero-order chi connectivity index (χ0) is 16.8. The Morgan fingerprint density at radius 2 is 1.78 bits per heavy atom. The molecule has 0 unspecified atom stereocenters. The number of nitrogens with zero attached hydrogens (tertiary/aromatic N) is 1. The molecule has 0 amide bonds. The summed E-state index contributed by atoms with van der Waals surface area (Å²) in [4.78, 5) is 3.34. The van der Waals surface area contributed by atoms with Crippen molar-refractivity contribution in [2.75, 3.05) is 0 Å². The molecule has 0 aliphatic heterocycles. The number of sulfonamides is 1. The molecule has 23 heavy (non-hydrogen) atoms. The maximum atomic E-state index is 14.1. The van der Waals surface area contributed by atoms with Crippen LogP contribution >= 0.6 is 11.3 Å². The molecule has 122 valence electrons. The highest BCUT2D eigenvalue weighted by Gasteiger charge is 2.25. The molecule has 0 saturated carbocycles.